The Bertz CT molecular complexity index is 664. The molecule has 1 atom stereocenters. The minimum atomic E-state index is -5.68. The highest BCUT2D eigenvalue weighted by molar-refractivity contribution is 7.88. The summed E-state index contributed by atoms with van der Waals surface area (Å²) in [6.07, 6.45) is 0. The van der Waals surface area contributed by atoms with E-state index in [1.807, 2.05) is 0 Å². The molecule has 0 aliphatic carbocycles. The van der Waals surface area contributed by atoms with Crippen LogP contribution < -0.4 is 0 Å². The quantitative estimate of drug-likeness (QED) is 0.523. The molecule has 138 valence electrons. The fraction of sp³-hybridized carbons (Fsp3) is 0.625. The summed E-state index contributed by atoms with van der Waals surface area (Å²) in [5.41, 5.74) is -4.66. The smallest absolute Gasteiger partial charge is 0.306 e. The van der Waals surface area contributed by atoms with E-state index in [2.05, 4.69) is 0 Å². The van der Waals surface area contributed by atoms with Crippen LogP contribution in [0.4, 0.5) is 13.2 Å². The van der Waals surface area contributed by atoms with Crippen LogP contribution in [0.25, 0.3) is 0 Å². The van der Waals surface area contributed by atoms with Gasteiger partial charge in [0.05, 0.1) is 0 Å². The van der Waals surface area contributed by atoms with Gasteiger partial charge in [0, 0.05) is 5.04 Å². The zero-order valence-corrected chi connectivity index (χ0v) is 16.7. The minimum absolute atomic E-state index is 0.230. The second-order valence-corrected chi connectivity index (χ2v) is 14.6. The third kappa shape index (κ3) is 3.55. The topological polar surface area (TPSA) is 43.4 Å². The van der Waals surface area contributed by atoms with Crippen molar-refractivity contribution in [2.24, 2.45) is 0 Å². The molecule has 1 rings (SSSR count). The average Bonchev–Trinajstić information content (AvgIpc) is 2.43. The van der Waals surface area contributed by atoms with Gasteiger partial charge in [-0.3, -0.25) is 0 Å². The van der Waals surface area contributed by atoms with Crippen LogP contribution in [0.15, 0.2) is 30.3 Å². The van der Waals surface area contributed by atoms with Crippen LogP contribution in [0.5, 0.6) is 0 Å². The Kier molecular flexibility index (Phi) is 5.70. The Hall–Kier alpha value is -0.863. The molecule has 0 heterocycles. The van der Waals surface area contributed by atoms with Gasteiger partial charge in [-0.1, -0.05) is 71.9 Å². The van der Waals surface area contributed by atoms with Gasteiger partial charge < -0.3 is 3.87 Å². The number of hydrogen-bond acceptors (Lipinski definition) is 3. The Morgan fingerprint density at radius 2 is 1.46 bits per heavy atom. The summed E-state index contributed by atoms with van der Waals surface area (Å²) in [4.78, 5) is 0. The van der Waals surface area contributed by atoms with Crippen LogP contribution >= 0.6 is 0 Å². The lowest BCUT2D eigenvalue weighted by Gasteiger charge is -2.51. The first-order chi connectivity index (χ1) is 10.6. The molecule has 0 spiro atoms. The molecule has 3 nitrogen and oxygen atoms in total. The van der Waals surface area contributed by atoms with Gasteiger partial charge in [-0.2, -0.15) is 21.6 Å². The zero-order chi connectivity index (χ0) is 19.0. The van der Waals surface area contributed by atoms with Crippen molar-refractivity contribution < 1.29 is 25.5 Å². The first-order valence-electron chi connectivity index (χ1n) is 7.70. The van der Waals surface area contributed by atoms with Crippen LogP contribution in [-0.4, -0.2) is 22.2 Å². The van der Waals surface area contributed by atoms with Crippen LogP contribution in [-0.2, 0) is 19.0 Å². The Labute approximate surface area is 143 Å². The molecule has 1 aromatic rings. The van der Waals surface area contributed by atoms with Gasteiger partial charge >= 0.3 is 15.6 Å². The van der Waals surface area contributed by atoms with Crippen LogP contribution in [0.1, 0.15) is 47.1 Å². The molecular weight excluding hydrogens is 357 g/mol. The molecule has 0 aliphatic rings. The second-order valence-electron chi connectivity index (χ2n) is 7.40. The molecule has 1 unspecified atom stereocenters. The fourth-order valence-electron chi connectivity index (χ4n) is 3.52. The molecule has 0 amide bonds. The van der Waals surface area contributed by atoms with E-state index in [-0.39, 0.29) is 6.04 Å². The van der Waals surface area contributed by atoms with Crippen molar-refractivity contribution in [3.05, 3.63) is 35.9 Å². The van der Waals surface area contributed by atoms with Crippen molar-refractivity contribution in [1.29, 1.82) is 0 Å². The summed E-state index contributed by atoms with van der Waals surface area (Å²) < 4.78 is 67.8. The van der Waals surface area contributed by atoms with Gasteiger partial charge in [-0.25, -0.2) is 0 Å². The van der Waals surface area contributed by atoms with Crippen molar-refractivity contribution in [2.75, 3.05) is 0 Å². The highest BCUT2D eigenvalue weighted by Crippen LogP contribution is 2.52. The molecule has 24 heavy (non-hydrogen) atoms. The van der Waals surface area contributed by atoms with E-state index in [9.17, 15) is 21.6 Å². The van der Waals surface area contributed by atoms with E-state index < -0.39 is 34.0 Å². The Balaban J connectivity index is 3.64. The lowest BCUT2D eigenvalue weighted by Crippen LogP contribution is -2.62. The van der Waals surface area contributed by atoms with Gasteiger partial charge in [0.2, 0.25) is 8.32 Å². The Morgan fingerprint density at radius 3 is 1.79 bits per heavy atom. The number of hydrogen-bond donors (Lipinski definition) is 0. The summed E-state index contributed by atoms with van der Waals surface area (Å²) in [5.74, 6) is 0. The molecule has 0 saturated heterocycles. The average molecular weight is 383 g/mol. The highest BCUT2D eigenvalue weighted by Gasteiger charge is 2.62. The van der Waals surface area contributed by atoms with Crippen molar-refractivity contribution in [1.82, 2.24) is 0 Å². The summed E-state index contributed by atoms with van der Waals surface area (Å²) in [5, 5.41) is -1.58. The van der Waals surface area contributed by atoms with Gasteiger partial charge in [-0.15, -0.1) is 0 Å². The standard InChI is InChI=1S/C16H25F3O3SSi/c1-7-24(14(2,3)4,22-23(20,21)16(17,18)19)15(5,6)13-11-9-8-10-12-13/h8-12H,7H2,1-6H3. The predicted octanol–water partition coefficient (Wildman–Crippen LogP) is 5.14. The third-order valence-corrected chi connectivity index (χ3v) is 13.1. The largest absolute Gasteiger partial charge is 0.522 e. The molecular formula is C16H25F3O3SSi. The summed E-state index contributed by atoms with van der Waals surface area (Å²) in [6, 6.07) is 9.20. The van der Waals surface area contributed by atoms with Crippen molar-refractivity contribution in [2.45, 2.75) is 63.2 Å². The van der Waals surface area contributed by atoms with Crippen LogP contribution in [0.3, 0.4) is 0 Å². The predicted molar refractivity (Wildman–Crippen MR) is 91.5 cm³/mol. The molecule has 0 fully saturated rings. The fourth-order valence-corrected chi connectivity index (χ4v) is 12.2. The molecule has 0 aliphatic heterocycles. The molecule has 0 aromatic heterocycles. The lowest BCUT2D eigenvalue weighted by atomic mass is 10.0. The maximum absolute atomic E-state index is 13.0. The van der Waals surface area contributed by atoms with Gasteiger partial charge in [0.25, 0.3) is 0 Å². The van der Waals surface area contributed by atoms with E-state index in [4.69, 9.17) is 3.87 Å². The summed E-state index contributed by atoms with van der Waals surface area (Å²) in [6.45, 7) is 10.5. The second kappa shape index (κ2) is 6.46. The molecule has 8 heteroatoms. The molecule has 1 aromatic carbocycles. The van der Waals surface area contributed by atoms with Crippen molar-refractivity contribution >= 4 is 18.4 Å². The maximum Gasteiger partial charge on any atom is 0.522 e. The first-order valence-corrected chi connectivity index (χ1v) is 11.2. The number of benzene rings is 1. The van der Waals surface area contributed by atoms with Crippen LogP contribution in [0, 0.1) is 0 Å². The monoisotopic (exact) mass is 382 g/mol. The van der Waals surface area contributed by atoms with E-state index in [1.54, 1.807) is 71.9 Å². The maximum atomic E-state index is 13.0. The van der Waals surface area contributed by atoms with Gasteiger partial charge in [-0.05, 0) is 16.6 Å². The van der Waals surface area contributed by atoms with Crippen LogP contribution in [0.2, 0.25) is 11.1 Å². The Morgan fingerprint density at radius 1 is 1.00 bits per heavy atom. The molecule has 0 saturated carbocycles. The van der Waals surface area contributed by atoms with Crippen molar-refractivity contribution in [3.8, 4) is 0 Å². The first kappa shape index (κ1) is 21.2. The summed E-state index contributed by atoms with van der Waals surface area (Å²) in [7, 11) is -9.17. The molecule has 0 N–H and O–H groups in total. The van der Waals surface area contributed by atoms with Gasteiger partial charge in [0.15, 0.2) is 0 Å². The van der Waals surface area contributed by atoms with E-state index in [0.717, 1.165) is 5.56 Å². The van der Waals surface area contributed by atoms with E-state index in [1.165, 1.54) is 0 Å². The van der Waals surface area contributed by atoms with E-state index >= 15 is 0 Å². The highest BCUT2D eigenvalue weighted by atomic mass is 32.2. The van der Waals surface area contributed by atoms with Gasteiger partial charge in [0.1, 0.15) is 0 Å². The molecule has 0 bridgehead atoms. The number of rotatable bonds is 5. The number of alkyl halides is 3. The zero-order valence-electron chi connectivity index (χ0n) is 14.9. The summed E-state index contributed by atoms with van der Waals surface area (Å²) >= 11 is 0. The molecule has 0 radical (unpaired) electrons. The number of halogens is 3. The normalized spacial score (nSPS) is 16.7. The van der Waals surface area contributed by atoms with Crippen molar-refractivity contribution in [3.63, 3.8) is 0 Å². The van der Waals surface area contributed by atoms with E-state index in [0.29, 0.717) is 0 Å². The third-order valence-electron chi connectivity index (χ3n) is 4.75. The SMILES string of the molecule is CC[Si](OS(=O)(=O)C(F)(F)F)(C(C)(C)C)C(C)(C)c1ccccc1. The minimum Gasteiger partial charge on any atom is -0.306 e. The lowest BCUT2D eigenvalue weighted by molar-refractivity contribution is -0.0507.